The van der Waals surface area contributed by atoms with Crippen LogP contribution >= 0.6 is 12.4 Å². The minimum absolute atomic E-state index is 0. The van der Waals surface area contributed by atoms with Gasteiger partial charge in [0.2, 0.25) is 5.95 Å². The minimum Gasteiger partial charge on any atom is -0.369 e. The van der Waals surface area contributed by atoms with E-state index in [1.807, 2.05) is 12.1 Å². The zero-order chi connectivity index (χ0) is 19.0. The molecule has 2 N–H and O–H groups in total. The van der Waals surface area contributed by atoms with Gasteiger partial charge in [0.1, 0.15) is 0 Å². The molecule has 2 atom stereocenters. The third-order valence-corrected chi connectivity index (χ3v) is 5.24. The van der Waals surface area contributed by atoms with Crippen molar-refractivity contribution in [2.75, 3.05) is 5.73 Å². The molecule has 6 heteroatoms. The molecule has 28 heavy (non-hydrogen) atoms. The summed E-state index contributed by atoms with van der Waals surface area (Å²) in [6.07, 6.45) is 1.40. The molecule has 142 valence electrons. The number of nitriles is 1. The number of nitrogen functional groups attached to an aromatic ring is 1. The number of benzene rings is 2. The van der Waals surface area contributed by atoms with E-state index in [0.717, 1.165) is 28.8 Å². The van der Waals surface area contributed by atoms with Crippen LogP contribution in [0.25, 0.3) is 11.1 Å². The second kappa shape index (κ2) is 7.87. The summed E-state index contributed by atoms with van der Waals surface area (Å²) in [5, 5.41) is 8.87. The molecular formula is C22H21ClN4O. The van der Waals surface area contributed by atoms with Gasteiger partial charge in [-0.25, -0.2) is 4.98 Å². The summed E-state index contributed by atoms with van der Waals surface area (Å²) in [5.74, 6) is 0.893. The van der Waals surface area contributed by atoms with E-state index in [1.54, 1.807) is 13.1 Å². The van der Waals surface area contributed by atoms with Crippen molar-refractivity contribution in [2.24, 2.45) is 7.05 Å². The van der Waals surface area contributed by atoms with Gasteiger partial charge in [0.15, 0.2) is 0 Å². The van der Waals surface area contributed by atoms with E-state index < -0.39 is 0 Å². The highest BCUT2D eigenvalue weighted by molar-refractivity contribution is 5.85. The van der Waals surface area contributed by atoms with Gasteiger partial charge in [-0.15, -0.1) is 12.4 Å². The smallest absolute Gasteiger partial charge is 0.254 e. The highest BCUT2D eigenvalue weighted by Crippen LogP contribution is 2.54. The van der Waals surface area contributed by atoms with Crippen molar-refractivity contribution in [3.8, 4) is 17.2 Å². The standard InChI is InChI=1S/C22H20N4O.ClH/c1-26-21(27)13-20(25-22(26)24)19-12-18(19)16-7-5-15(6-8-16)17-4-2-3-14(11-17)9-10-23;/h2-8,11,13,18-19H,9,12H2,1H3,(H2,24,25);1H/t18-,19-;/m0./s1. The van der Waals surface area contributed by atoms with Crippen LogP contribution in [-0.2, 0) is 13.5 Å². The molecule has 3 aromatic rings. The van der Waals surface area contributed by atoms with Crippen molar-refractivity contribution in [3.05, 3.63) is 81.8 Å². The molecule has 0 amide bonds. The highest BCUT2D eigenvalue weighted by atomic mass is 35.5. The normalized spacial score (nSPS) is 17.4. The van der Waals surface area contributed by atoms with Gasteiger partial charge >= 0.3 is 0 Å². The molecule has 0 bridgehead atoms. The lowest BCUT2D eigenvalue weighted by atomic mass is 9.99. The van der Waals surface area contributed by atoms with Gasteiger partial charge < -0.3 is 5.73 Å². The van der Waals surface area contributed by atoms with Gasteiger partial charge in [-0.2, -0.15) is 5.26 Å². The van der Waals surface area contributed by atoms with Crippen molar-refractivity contribution in [2.45, 2.75) is 24.7 Å². The van der Waals surface area contributed by atoms with Crippen LogP contribution in [-0.4, -0.2) is 9.55 Å². The lowest BCUT2D eigenvalue weighted by molar-refractivity contribution is 0.813. The van der Waals surface area contributed by atoms with Crippen LogP contribution in [0, 0.1) is 11.3 Å². The summed E-state index contributed by atoms with van der Waals surface area (Å²) in [5.41, 5.74) is 11.0. The molecule has 0 spiro atoms. The fraction of sp³-hybridized carbons (Fsp3) is 0.227. The zero-order valence-corrected chi connectivity index (χ0v) is 16.3. The Hall–Kier alpha value is -3.10. The Balaban J connectivity index is 0.00000225. The van der Waals surface area contributed by atoms with E-state index in [-0.39, 0.29) is 29.8 Å². The molecule has 5 nitrogen and oxygen atoms in total. The number of hydrogen-bond acceptors (Lipinski definition) is 4. The minimum atomic E-state index is -0.115. The van der Waals surface area contributed by atoms with Crippen molar-refractivity contribution in [3.63, 3.8) is 0 Å². The van der Waals surface area contributed by atoms with Crippen LogP contribution in [0.2, 0.25) is 0 Å². The molecule has 0 saturated heterocycles. The molecule has 1 heterocycles. The Bertz CT molecular complexity index is 1100. The lowest BCUT2D eigenvalue weighted by Gasteiger charge is -2.07. The molecule has 0 radical (unpaired) electrons. The first-order chi connectivity index (χ1) is 13.1. The second-order valence-corrected chi connectivity index (χ2v) is 7.04. The molecule has 2 aromatic carbocycles. The van der Waals surface area contributed by atoms with Crippen LogP contribution < -0.4 is 11.3 Å². The largest absolute Gasteiger partial charge is 0.369 e. The number of nitrogens with two attached hydrogens (primary N) is 1. The zero-order valence-electron chi connectivity index (χ0n) is 15.5. The highest BCUT2D eigenvalue weighted by Gasteiger charge is 2.41. The topological polar surface area (TPSA) is 84.7 Å². The molecule has 1 aliphatic carbocycles. The third kappa shape index (κ3) is 3.78. The number of halogens is 1. The van der Waals surface area contributed by atoms with Gasteiger partial charge in [0.05, 0.1) is 18.2 Å². The van der Waals surface area contributed by atoms with E-state index >= 15 is 0 Å². The molecule has 1 aliphatic rings. The van der Waals surface area contributed by atoms with Gasteiger partial charge in [0.25, 0.3) is 5.56 Å². The summed E-state index contributed by atoms with van der Waals surface area (Å²) in [6.45, 7) is 0. The van der Waals surface area contributed by atoms with Gasteiger partial charge in [-0.3, -0.25) is 9.36 Å². The van der Waals surface area contributed by atoms with E-state index in [0.29, 0.717) is 12.3 Å². The fourth-order valence-corrected chi connectivity index (χ4v) is 3.53. The third-order valence-electron chi connectivity index (χ3n) is 5.24. The summed E-state index contributed by atoms with van der Waals surface area (Å²) < 4.78 is 1.36. The van der Waals surface area contributed by atoms with Gasteiger partial charge in [-0.1, -0.05) is 48.5 Å². The fourth-order valence-electron chi connectivity index (χ4n) is 3.53. The molecular weight excluding hydrogens is 372 g/mol. The van der Waals surface area contributed by atoms with Gasteiger partial charge in [-0.05, 0) is 34.6 Å². The Morgan fingerprint density at radius 3 is 2.57 bits per heavy atom. The van der Waals surface area contributed by atoms with Crippen molar-refractivity contribution in [1.29, 1.82) is 5.26 Å². The monoisotopic (exact) mass is 392 g/mol. The first-order valence-electron chi connectivity index (χ1n) is 8.96. The van der Waals surface area contributed by atoms with E-state index in [9.17, 15) is 4.79 Å². The molecule has 1 fully saturated rings. The average Bonchev–Trinajstić information content (AvgIpc) is 3.47. The van der Waals surface area contributed by atoms with Crippen LogP contribution in [0.1, 0.15) is 35.1 Å². The molecule has 0 unspecified atom stereocenters. The summed E-state index contributed by atoms with van der Waals surface area (Å²) in [4.78, 5) is 16.3. The first-order valence-corrected chi connectivity index (χ1v) is 8.96. The summed E-state index contributed by atoms with van der Waals surface area (Å²) in [6, 6.07) is 20.4. The van der Waals surface area contributed by atoms with Gasteiger partial charge in [0, 0.05) is 19.0 Å². The van der Waals surface area contributed by atoms with E-state index in [4.69, 9.17) is 11.0 Å². The Labute approximate surface area is 169 Å². The number of rotatable bonds is 4. The van der Waals surface area contributed by atoms with Crippen LogP contribution in [0.4, 0.5) is 5.95 Å². The SMILES string of the molecule is Cl.Cn1c(N)nc([C@H]2C[C@H]2c2ccc(-c3cccc(CC#N)c3)cc2)cc1=O. The maximum atomic E-state index is 11.9. The Morgan fingerprint density at radius 1 is 1.14 bits per heavy atom. The van der Waals surface area contributed by atoms with Crippen LogP contribution in [0.3, 0.4) is 0 Å². The first kappa shape index (κ1) is 19.7. The maximum Gasteiger partial charge on any atom is 0.254 e. The van der Waals surface area contributed by atoms with Crippen LogP contribution in [0.5, 0.6) is 0 Å². The molecule has 4 rings (SSSR count). The van der Waals surface area contributed by atoms with Crippen molar-refractivity contribution >= 4 is 18.4 Å². The predicted octanol–water partition coefficient (Wildman–Crippen LogP) is 3.79. The van der Waals surface area contributed by atoms with Crippen molar-refractivity contribution < 1.29 is 0 Å². The number of nitrogens with zero attached hydrogens (tertiary/aromatic N) is 3. The Kier molecular flexibility index (Phi) is 5.53. The molecule has 0 aliphatic heterocycles. The number of hydrogen-bond donors (Lipinski definition) is 1. The Morgan fingerprint density at radius 2 is 1.89 bits per heavy atom. The van der Waals surface area contributed by atoms with E-state index in [2.05, 4.69) is 47.5 Å². The average molecular weight is 393 g/mol. The lowest BCUT2D eigenvalue weighted by Crippen LogP contribution is -2.21. The summed E-state index contributed by atoms with van der Waals surface area (Å²) in [7, 11) is 1.63. The number of aromatic nitrogens is 2. The van der Waals surface area contributed by atoms with Crippen LogP contribution in [0.15, 0.2) is 59.4 Å². The second-order valence-electron chi connectivity index (χ2n) is 7.04. The quantitative estimate of drug-likeness (QED) is 0.732. The molecule has 1 saturated carbocycles. The molecule has 1 aromatic heterocycles. The number of anilines is 1. The summed E-state index contributed by atoms with van der Waals surface area (Å²) >= 11 is 0. The van der Waals surface area contributed by atoms with E-state index in [1.165, 1.54) is 10.1 Å². The predicted molar refractivity (Wildman–Crippen MR) is 112 cm³/mol. The van der Waals surface area contributed by atoms with Crippen molar-refractivity contribution in [1.82, 2.24) is 9.55 Å². The maximum absolute atomic E-state index is 11.9.